The molecule has 0 bridgehead atoms. The van der Waals surface area contributed by atoms with Gasteiger partial charge in [0, 0.05) is 19.4 Å². The molecule has 10 heteroatoms. The van der Waals surface area contributed by atoms with Crippen LogP contribution in [0, 0.1) is 0 Å². The quantitative estimate of drug-likeness (QED) is 0.0238. The Balaban J connectivity index is 3.62. The number of aliphatic hydroxyl groups excluding tert-OH is 1. The van der Waals surface area contributed by atoms with Crippen molar-refractivity contribution in [2.24, 2.45) is 0 Å². The Morgan fingerprint density at radius 3 is 1.28 bits per heavy atom. The maximum absolute atomic E-state index is 12.2. The SMILES string of the molecule is CC/C=C\C/C=C\C/C=C\C/C=C\C/C=C\C/C=C\CCCCCCC(=O)OCC(O)COP(=O)(O)OCCNC(=O)CCCCCCCCCCCCCCC/C=C\C/C=C\CCCCC. The summed E-state index contributed by atoms with van der Waals surface area (Å²) in [6, 6.07) is 0. The number of aliphatic hydroxyl groups is 1. The highest BCUT2D eigenvalue weighted by atomic mass is 31.2. The van der Waals surface area contributed by atoms with Crippen LogP contribution >= 0.6 is 7.82 Å². The molecule has 0 aromatic rings. The summed E-state index contributed by atoms with van der Waals surface area (Å²) in [6.07, 6.45) is 69.2. The Bertz CT molecular complexity index is 1410. The fraction of sp³-hybridized carbons (Fsp3) is 0.684. The Labute approximate surface area is 410 Å². The van der Waals surface area contributed by atoms with E-state index in [1.54, 1.807) is 0 Å². The molecular weight excluding hydrogens is 858 g/mol. The van der Waals surface area contributed by atoms with E-state index in [0.29, 0.717) is 12.8 Å². The van der Waals surface area contributed by atoms with Crippen molar-refractivity contribution in [1.82, 2.24) is 5.32 Å². The van der Waals surface area contributed by atoms with Crippen LogP contribution in [0.4, 0.5) is 0 Å². The zero-order valence-electron chi connectivity index (χ0n) is 42.6. The second-order valence-electron chi connectivity index (χ2n) is 17.5. The number of hydrogen-bond donors (Lipinski definition) is 3. The minimum atomic E-state index is -4.44. The Kier molecular flexibility index (Phi) is 49.9. The Morgan fingerprint density at radius 1 is 0.478 bits per heavy atom. The summed E-state index contributed by atoms with van der Waals surface area (Å²) in [4.78, 5) is 34.1. The number of ether oxygens (including phenoxy) is 1. The lowest BCUT2D eigenvalue weighted by Gasteiger charge is -2.15. The molecule has 0 saturated carbocycles. The predicted molar refractivity (Wildman–Crippen MR) is 284 cm³/mol. The maximum atomic E-state index is 12.2. The van der Waals surface area contributed by atoms with Crippen LogP contribution in [-0.2, 0) is 27.9 Å². The summed E-state index contributed by atoms with van der Waals surface area (Å²) < 4.78 is 27.0. The third kappa shape index (κ3) is 53.7. The lowest BCUT2D eigenvalue weighted by molar-refractivity contribution is -0.147. The van der Waals surface area contributed by atoms with Gasteiger partial charge in [0.05, 0.1) is 13.2 Å². The largest absolute Gasteiger partial charge is 0.472 e. The third-order valence-corrected chi connectivity index (χ3v) is 12.0. The number of carbonyl (C=O) groups is 2. The zero-order valence-corrected chi connectivity index (χ0v) is 43.5. The van der Waals surface area contributed by atoms with Gasteiger partial charge < -0.3 is 20.1 Å². The molecule has 0 heterocycles. The van der Waals surface area contributed by atoms with Crippen LogP contribution in [0.3, 0.4) is 0 Å². The van der Waals surface area contributed by atoms with Gasteiger partial charge in [-0.2, -0.15) is 0 Å². The van der Waals surface area contributed by atoms with E-state index in [1.807, 2.05) is 0 Å². The van der Waals surface area contributed by atoms with Crippen molar-refractivity contribution in [2.45, 2.75) is 225 Å². The summed E-state index contributed by atoms with van der Waals surface area (Å²) in [5, 5.41) is 12.8. The number of esters is 1. The van der Waals surface area contributed by atoms with Crippen molar-refractivity contribution in [3.05, 3.63) is 97.2 Å². The van der Waals surface area contributed by atoms with Crippen LogP contribution in [0.15, 0.2) is 97.2 Å². The van der Waals surface area contributed by atoms with Gasteiger partial charge in [-0.1, -0.05) is 207 Å². The topological polar surface area (TPSA) is 131 Å². The van der Waals surface area contributed by atoms with Gasteiger partial charge in [-0.05, 0) is 96.3 Å². The van der Waals surface area contributed by atoms with Gasteiger partial charge in [-0.25, -0.2) is 4.57 Å². The van der Waals surface area contributed by atoms with Gasteiger partial charge in [0.2, 0.25) is 5.91 Å². The average Bonchev–Trinajstić information content (AvgIpc) is 3.32. The molecular formula is C57H98NO8P. The molecule has 0 rings (SSSR count). The molecule has 0 spiro atoms. The van der Waals surface area contributed by atoms with Crippen molar-refractivity contribution in [3.8, 4) is 0 Å². The van der Waals surface area contributed by atoms with Crippen molar-refractivity contribution < 1.29 is 37.9 Å². The summed E-state index contributed by atoms with van der Waals surface area (Å²) in [5.74, 6) is -0.545. The number of phosphoric ester groups is 1. The van der Waals surface area contributed by atoms with E-state index in [-0.39, 0.29) is 32.1 Å². The lowest BCUT2D eigenvalue weighted by Crippen LogP contribution is -2.27. The van der Waals surface area contributed by atoms with Gasteiger partial charge in [-0.15, -0.1) is 0 Å². The van der Waals surface area contributed by atoms with E-state index < -0.39 is 26.5 Å². The molecule has 67 heavy (non-hydrogen) atoms. The van der Waals surface area contributed by atoms with Crippen LogP contribution in [0.5, 0.6) is 0 Å². The summed E-state index contributed by atoms with van der Waals surface area (Å²) in [7, 11) is -4.44. The van der Waals surface area contributed by atoms with E-state index in [0.717, 1.165) is 89.9 Å². The highest BCUT2D eigenvalue weighted by Gasteiger charge is 2.23. The summed E-state index contributed by atoms with van der Waals surface area (Å²) in [6.45, 7) is 3.39. The number of phosphoric acid groups is 1. The highest BCUT2D eigenvalue weighted by molar-refractivity contribution is 7.47. The number of hydrogen-bond acceptors (Lipinski definition) is 7. The number of allylic oxidation sites excluding steroid dienone is 16. The van der Waals surface area contributed by atoms with Crippen molar-refractivity contribution >= 4 is 19.7 Å². The first kappa shape index (κ1) is 63.9. The Hall–Kier alpha value is -3.07. The number of unbranched alkanes of at least 4 members (excludes halogenated alkanes) is 20. The number of amides is 1. The van der Waals surface area contributed by atoms with E-state index in [2.05, 4.69) is 116 Å². The molecule has 384 valence electrons. The van der Waals surface area contributed by atoms with Crippen LogP contribution in [-0.4, -0.2) is 54.3 Å². The molecule has 3 N–H and O–H groups in total. The second-order valence-corrected chi connectivity index (χ2v) is 18.9. The number of rotatable bonds is 49. The minimum absolute atomic E-state index is 0.0735. The van der Waals surface area contributed by atoms with E-state index in [1.165, 1.54) is 96.3 Å². The molecule has 0 aliphatic carbocycles. The lowest BCUT2D eigenvalue weighted by atomic mass is 10.0. The van der Waals surface area contributed by atoms with E-state index >= 15 is 0 Å². The molecule has 1 amide bonds. The molecule has 0 fully saturated rings. The predicted octanol–water partition coefficient (Wildman–Crippen LogP) is 16.1. The van der Waals surface area contributed by atoms with Gasteiger partial charge in [0.15, 0.2) is 0 Å². The van der Waals surface area contributed by atoms with Gasteiger partial charge >= 0.3 is 13.8 Å². The first-order chi connectivity index (χ1) is 32.8. The first-order valence-electron chi connectivity index (χ1n) is 26.7. The maximum Gasteiger partial charge on any atom is 0.472 e. The summed E-state index contributed by atoms with van der Waals surface area (Å²) >= 11 is 0. The molecule has 0 saturated heterocycles. The monoisotopic (exact) mass is 956 g/mol. The number of carbonyl (C=O) groups excluding carboxylic acids is 2. The molecule has 0 radical (unpaired) electrons. The average molecular weight is 956 g/mol. The normalized spacial score (nSPS) is 13.9. The van der Waals surface area contributed by atoms with E-state index in [9.17, 15) is 24.2 Å². The second kappa shape index (κ2) is 52.3. The van der Waals surface area contributed by atoms with Crippen LogP contribution in [0.1, 0.15) is 219 Å². The fourth-order valence-corrected chi connectivity index (χ4v) is 7.76. The van der Waals surface area contributed by atoms with Crippen LogP contribution in [0.2, 0.25) is 0 Å². The molecule has 2 unspecified atom stereocenters. The minimum Gasteiger partial charge on any atom is -0.463 e. The van der Waals surface area contributed by atoms with Gasteiger partial charge in [-0.3, -0.25) is 18.6 Å². The zero-order chi connectivity index (χ0) is 48.8. The first-order valence-corrected chi connectivity index (χ1v) is 28.2. The fourth-order valence-electron chi connectivity index (χ4n) is 7.00. The summed E-state index contributed by atoms with van der Waals surface area (Å²) in [5.41, 5.74) is 0. The van der Waals surface area contributed by atoms with Gasteiger partial charge in [0.1, 0.15) is 12.7 Å². The van der Waals surface area contributed by atoms with Crippen molar-refractivity contribution in [1.29, 1.82) is 0 Å². The van der Waals surface area contributed by atoms with Crippen LogP contribution in [0.25, 0.3) is 0 Å². The third-order valence-electron chi connectivity index (χ3n) is 11.0. The molecule has 0 aliphatic rings. The van der Waals surface area contributed by atoms with Crippen molar-refractivity contribution in [2.75, 3.05) is 26.4 Å². The van der Waals surface area contributed by atoms with E-state index in [4.69, 9.17) is 13.8 Å². The number of nitrogens with one attached hydrogen (secondary N) is 1. The standard InChI is InChI=1S/C57H98NO8P/c1-3-5-7-9-11-13-15-17-19-21-23-25-27-29-31-33-35-37-39-41-43-45-47-49-56(60)58-51-52-65-67(62,63)66-54-55(59)53-64-57(61)50-48-46-44-42-40-38-36-34-32-30-28-26-24-22-20-18-16-14-12-10-8-6-4-2/h6,8,11-14,17-20,24,26,30,32,36,38,55,59H,3-5,7,9-10,15-16,21-23,25,27-29,31,33-35,37,39-54H2,1-2H3,(H,58,60)(H,62,63)/b8-6-,13-11-,14-12-,19-17-,20-18-,26-24-,32-30-,38-36-. The Morgan fingerprint density at radius 2 is 0.851 bits per heavy atom. The molecule has 9 nitrogen and oxygen atoms in total. The molecule has 2 atom stereocenters. The van der Waals surface area contributed by atoms with Gasteiger partial charge in [0.25, 0.3) is 0 Å². The van der Waals surface area contributed by atoms with Crippen LogP contribution < -0.4 is 5.32 Å². The molecule has 0 aliphatic heterocycles. The molecule has 0 aromatic carbocycles. The van der Waals surface area contributed by atoms with Crippen molar-refractivity contribution in [3.63, 3.8) is 0 Å². The highest BCUT2D eigenvalue weighted by Crippen LogP contribution is 2.42. The smallest absolute Gasteiger partial charge is 0.463 e. The molecule has 0 aromatic heterocycles.